The maximum absolute atomic E-state index is 12.9. The largest absolute Gasteiger partial charge is 0.458 e. The molecule has 0 aliphatic carbocycles. The van der Waals surface area contributed by atoms with Gasteiger partial charge in [0.25, 0.3) is 0 Å². The third-order valence-corrected chi connectivity index (χ3v) is 6.57. The van der Waals surface area contributed by atoms with E-state index >= 15 is 0 Å². The Labute approximate surface area is 239 Å². The summed E-state index contributed by atoms with van der Waals surface area (Å²) in [6, 6.07) is -3.12. The van der Waals surface area contributed by atoms with E-state index in [0.29, 0.717) is 6.29 Å². The van der Waals surface area contributed by atoms with Crippen LogP contribution in [0.15, 0.2) is 11.0 Å². The van der Waals surface area contributed by atoms with Gasteiger partial charge in [0, 0.05) is 12.0 Å². The van der Waals surface area contributed by atoms with Gasteiger partial charge in [0.15, 0.2) is 6.04 Å². The summed E-state index contributed by atoms with van der Waals surface area (Å²) in [5.41, 5.74) is -2.26. The number of amides is 3. The Morgan fingerprint density at radius 2 is 1.55 bits per heavy atom. The second-order valence-electron chi connectivity index (χ2n) is 12.6. The number of nitrogens with zero attached hydrogens (tertiary/aromatic N) is 1. The van der Waals surface area contributed by atoms with Crippen LogP contribution in [0, 0.1) is 0 Å². The van der Waals surface area contributed by atoms with Crippen LogP contribution in [0.1, 0.15) is 81.6 Å². The highest BCUT2D eigenvalue weighted by molar-refractivity contribution is 8.03. The van der Waals surface area contributed by atoms with Crippen molar-refractivity contribution in [3.8, 4) is 0 Å². The molecule has 0 aromatic rings. The second kappa shape index (κ2) is 12.6. The number of carbonyl (C=O) groups excluding carboxylic acids is 6. The molecule has 0 bridgehead atoms. The van der Waals surface area contributed by atoms with Crippen LogP contribution in [0.2, 0.25) is 0 Å². The lowest BCUT2D eigenvalue weighted by Gasteiger charge is -2.51. The van der Waals surface area contributed by atoms with Crippen LogP contribution in [0.4, 0.5) is 4.79 Å². The van der Waals surface area contributed by atoms with E-state index in [1.165, 1.54) is 10.3 Å². The third kappa shape index (κ3) is 9.53. The van der Waals surface area contributed by atoms with Crippen LogP contribution < -0.4 is 10.6 Å². The van der Waals surface area contributed by atoms with Crippen LogP contribution in [0.25, 0.3) is 0 Å². The van der Waals surface area contributed by atoms with Crippen molar-refractivity contribution < 1.29 is 43.0 Å². The summed E-state index contributed by atoms with van der Waals surface area (Å²) in [5, 5.41) is 6.10. The number of hydrogen-bond acceptors (Lipinski definition) is 10. The van der Waals surface area contributed by atoms with Gasteiger partial charge in [-0.1, -0.05) is 0 Å². The Kier molecular flexibility index (Phi) is 10.4. The summed E-state index contributed by atoms with van der Waals surface area (Å²) in [6.07, 6.45) is -0.0185. The topological polar surface area (TPSA) is 157 Å². The first kappa shape index (κ1) is 33.1. The second-order valence-corrected chi connectivity index (χ2v) is 13.6. The monoisotopic (exact) mass is 583 g/mol. The van der Waals surface area contributed by atoms with Gasteiger partial charge < -0.3 is 29.7 Å². The zero-order valence-corrected chi connectivity index (χ0v) is 25.4. The molecule has 3 amide bonds. The van der Waals surface area contributed by atoms with Crippen LogP contribution in [-0.4, -0.2) is 81.3 Å². The Morgan fingerprint density at radius 1 is 0.975 bits per heavy atom. The van der Waals surface area contributed by atoms with Crippen molar-refractivity contribution >= 4 is 47.9 Å². The van der Waals surface area contributed by atoms with Crippen LogP contribution in [0.5, 0.6) is 0 Å². The zero-order valence-electron chi connectivity index (χ0n) is 24.6. The summed E-state index contributed by atoms with van der Waals surface area (Å²) in [6.45, 7) is 15.2. The molecule has 12 nitrogen and oxygen atoms in total. The number of nitrogens with one attached hydrogen (secondary N) is 2. The van der Waals surface area contributed by atoms with Crippen molar-refractivity contribution in [3.05, 3.63) is 11.0 Å². The van der Waals surface area contributed by atoms with E-state index < -0.39 is 70.1 Å². The van der Waals surface area contributed by atoms with E-state index in [2.05, 4.69) is 10.6 Å². The van der Waals surface area contributed by atoms with Gasteiger partial charge in [-0.15, -0.1) is 11.8 Å². The lowest BCUT2D eigenvalue weighted by molar-refractivity contribution is -0.170. The van der Waals surface area contributed by atoms with Gasteiger partial charge in [0.2, 0.25) is 11.8 Å². The van der Waals surface area contributed by atoms with E-state index in [-0.39, 0.29) is 24.8 Å². The SMILES string of the molecule is CC(C)(C)OC(=O)NC(CCCC(=O)NC1C(=O)N2C(C(=O)OC(C)(C)C)C(C=O)=CS[C@@H]12)C(=O)OC(C)(C)C. The summed E-state index contributed by atoms with van der Waals surface area (Å²) in [7, 11) is 0. The lowest BCUT2D eigenvalue weighted by Crippen LogP contribution is -2.74. The van der Waals surface area contributed by atoms with Gasteiger partial charge in [-0.25, -0.2) is 14.4 Å². The van der Waals surface area contributed by atoms with Crippen LogP contribution in [-0.2, 0) is 38.2 Å². The molecule has 2 aliphatic heterocycles. The normalized spacial score (nSPS) is 21.6. The van der Waals surface area contributed by atoms with E-state index in [1.54, 1.807) is 62.3 Å². The van der Waals surface area contributed by atoms with Crippen molar-refractivity contribution in [2.45, 2.75) is 122 Å². The Hall–Kier alpha value is -3.09. The van der Waals surface area contributed by atoms with Gasteiger partial charge in [0.1, 0.15) is 40.5 Å². The molecule has 2 aliphatic rings. The molecule has 0 saturated carbocycles. The first-order valence-corrected chi connectivity index (χ1v) is 14.0. The maximum atomic E-state index is 12.9. The molecule has 40 heavy (non-hydrogen) atoms. The maximum Gasteiger partial charge on any atom is 0.408 e. The quantitative estimate of drug-likeness (QED) is 0.179. The molecular weight excluding hydrogens is 542 g/mol. The van der Waals surface area contributed by atoms with Crippen molar-refractivity contribution in [1.82, 2.24) is 15.5 Å². The van der Waals surface area contributed by atoms with Crippen molar-refractivity contribution in [3.63, 3.8) is 0 Å². The summed E-state index contributed by atoms with van der Waals surface area (Å²) in [4.78, 5) is 76.1. The minimum Gasteiger partial charge on any atom is -0.458 e. The number of aldehydes is 1. The molecule has 0 spiro atoms. The Balaban J connectivity index is 1.99. The van der Waals surface area contributed by atoms with E-state index in [9.17, 15) is 28.8 Å². The summed E-state index contributed by atoms with van der Waals surface area (Å²) < 4.78 is 16.0. The smallest absolute Gasteiger partial charge is 0.408 e. The molecule has 4 atom stereocenters. The number of rotatable bonds is 9. The summed E-state index contributed by atoms with van der Waals surface area (Å²) >= 11 is 1.15. The number of fused-ring (bicyclic) bond motifs is 1. The molecule has 0 radical (unpaired) electrons. The highest BCUT2D eigenvalue weighted by Gasteiger charge is 2.56. The van der Waals surface area contributed by atoms with E-state index in [4.69, 9.17) is 14.2 Å². The number of ether oxygens (including phenoxy) is 3. The molecule has 2 N–H and O–H groups in total. The number of carbonyl (C=O) groups is 6. The average molecular weight is 584 g/mol. The van der Waals surface area contributed by atoms with Gasteiger partial charge in [-0.2, -0.15) is 0 Å². The minimum atomic E-state index is -1.18. The number of esters is 2. The molecular formula is C27H41N3O9S. The molecule has 0 aromatic carbocycles. The lowest BCUT2D eigenvalue weighted by atomic mass is 9.98. The van der Waals surface area contributed by atoms with Gasteiger partial charge >= 0.3 is 18.0 Å². The number of β-lactam (4-membered cyclic amide) rings is 1. The standard InChI is InChI=1S/C27H41N3O9S/c1-25(2,3)37-22(34)16(28-24(36)39-27(7,8)9)11-10-12-17(32)29-18-20(33)30-19(23(35)38-26(4,5)6)15(13-31)14-40-21(18)30/h13-14,16,18-19,21H,10-12H2,1-9H3,(H,28,36)(H,29,32)/t16?,18?,19?,21-/m0/s1. The van der Waals surface area contributed by atoms with E-state index in [1.807, 2.05) is 0 Å². The zero-order chi connectivity index (χ0) is 30.6. The Bertz CT molecular complexity index is 1050. The highest BCUT2D eigenvalue weighted by atomic mass is 32.2. The van der Waals surface area contributed by atoms with Crippen molar-refractivity contribution in [1.29, 1.82) is 0 Å². The number of hydrogen-bond donors (Lipinski definition) is 2. The first-order valence-electron chi connectivity index (χ1n) is 13.1. The molecule has 3 unspecified atom stereocenters. The molecule has 1 saturated heterocycles. The highest BCUT2D eigenvalue weighted by Crippen LogP contribution is 2.40. The summed E-state index contributed by atoms with van der Waals surface area (Å²) in [5.74, 6) is -2.33. The van der Waals surface area contributed by atoms with Crippen LogP contribution >= 0.6 is 11.8 Å². The third-order valence-electron chi connectivity index (χ3n) is 5.38. The average Bonchev–Trinajstić information content (AvgIpc) is 2.77. The van der Waals surface area contributed by atoms with Crippen molar-refractivity contribution in [2.75, 3.05) is 0 Å². The molecule has 13 heteroatoms. The van der Waals surface area contributed by atoms with Gasteiger partial charge in [-0.3, -0.25) is 14.4 Å². The first-order chi connectivity index (χ1) is 18.2. The molecule has 2 rings (SSSR count). The Morgan fingerprint density at radius 3 is 2.08 bits per heavy atom. The van der Waals surface area contributed by atoms with Crippen molar-refractivity contribution in [2.24, 2.45) is 0 Å². The number of alkyl carbamates (subject to hydrolysis) is 1. The molecule has 2 heterocycles. The number of thioether (sulfide) groups is 1. The molecule has 224 valence electrons. The molecule has 0 aromatic heterocycles. The van der Waals surface area contributed by atoms with Gasteiger partial charge in [-0.05, 0) is 80.6 Å². The fraction of sp³-hybridized carbons (Fsp3) is 0.704. The predicted octanol–water partition coefficient (Wildman–Crippen LogP) is 2.58. The van der Waals surface area contributed by atoms with E-state index in [0.717, 1.165) is 11.8 Å². The van der Waals surface area contributed by atoms with Crippen LogP contribution in [0.3, 0.4) is 0 Å². The fourth-order valence-corrected chi connectivity index (χ4v) is 5.07. The fourth-order valence-electron chi connectivity index (χ4n) is 3.89. The predicted molar refractivity (Wildman–Crippen MR) is 147 cm³/mol. The minimum absolute atomic E-state index is 0.0403. The molecule has 1 fully saturated rings. The van der Waals surface area contributed by atoms with Gasteiger partial charge in [0.05, 0.1) is 0 Å².